The smallest absolute Gasteiger partial charge is 0.341 e. The van der Waals surface area contributed by atoms with Gasteiger partial charge in [0.1, 0.15) is 11.3 Å². The number of fused-ring (bicyclic) bond motifs is 1. The highest BCUT2D eigenvalue weighted by atomic mass is 19.1. The van der Waals surface area contributed by atoms with Crippen molar-refractivity contribution >= 4 is 22.6 Å². The highest BCUT2D eigenvalue weighted by Crippen LogP contribution is 2.45. The second-order valence-corrected chi connectivity index (χ2v) is 7.91. The number of aryl methyl sites for hydroxylation is 1. The molecule has 2 aliphatic rings. The summed E-state index contributed by atoms with van der Waals surface area (Å²) >= 11 is 0. The molecule has 1 aliphatic carbocycles. The van der Waals surface area contributed by atoms with E-state index >= 15 is 4.39 Å². The van der Waals surface area contributed by atoms with Crippen molar-refractivity contribution in [2.75, 3.05) is 25.1 Å². The number of pyridine rings is 1. The fourth-order valence-electron chi connectivity index (χ4n) is 4.15. The minimum Gasteiger partial charge on any atom is -0.492 e. The summed E-state index contributed by atoms with van der Waals surface area (Å²) < 4.78 is 22.9. The van der Waals surface area contributed by atoms with E-state index in [1.807, 2.05) is 11.8 Å². The Morgan fingerprint density at radius 2 is 2.04 bits per heavy atom. The molecule has 1 saturated heterocycles. The van der Waals surface area contributed by atoms with Crippen LogP contribution >= 0.6 is 0 Å². The molecule has 0 unspecified atom stereocenters. The van der Waals surface area contributed by atoms with E-state index in [0.717, 1.165) is 12.8 Å². The van der Waals surface area contributed by atoms with Crippen LogP contribution in [-0.2, 0) is 0 Å². The van der Waals surface area contributed by atoms with Crippen LogP contribution in [0.3, 0.4) is 0 Å². The van der Waals surface area contributed by atoms with Gasteiger partial charge in [0, 0.05) is 36.9 Å². The molecule has 7 nitrogen and oxygen atoms in total. The topological polar surface area (TPSA) is 97.8 Å². The molecule has 0 bridgehead atoms. The Labute approximate surface area is 161 Å². The minimum absolute atomic E-state index is 0.0708. The number of aromatic carboxylic acids is 1. The van der Waals surface area contributed by atoms with Crippen LogP contribution < -0.4 is 20.8 Å². The summed E-state index contributed by atoms with van der Waals surface area (Å²) in [5.74, 6) is -1.42. The molecule has 0 radical (unpaired) electrons. The summed E-state index contributed by atoms with van der Waals surface area (Å²) in [5, 5.41) is 9.53. The first kappa shape index (κ1) is 18.7. The molecule has 1 aromatic carbocycles. The number of halogens is 1. The Kier molecular flexibility index (Phi) is 4.33. The molecule has 150 valence electrons. The van der Waals surface area contributed by atoms with Gasteiger partial charge in [-0.1, -0.05) is 6.92 Å². The average Bonchev–Trinajstić information content (AvgIpc) is 3.43. The van der Waals surface area contributed by atoms with Gasteiger partial charge in [0.15, 0.2) is 11.6 Å². The van der Waals surface area contributed by atoms with Gasteiger partial charge in [-0.3, -0.25) is 4.79 Å². The average molecular weight is 389 g/mol. The van der Waals surface area contributed by atoms with Crippen molar-refractivity contribution in [2.45, 2.75) is 38.8 Å². The largest absolute Gasteiger partial charge is 0.492 e. The Hall–Kier alpha value is -2.61. The van der Waals surface area contributed by atoms with Gasteiger partial charge in [0.05, 0.1) is 18.0 Å². The molecular formula is C20H24FN3O4. The zero-order valence-corrected chi connectivity index (χ0v) is 16.2. The first-order valence-electron chi connectivity index (χ1n) is 9.44. The zero-order valence-electron chi connectivity index (χ0n) is 16.2. The van der Waals surface area contributed by atoms with Crippen LogP contribution in [0.25, 0.3) is 10.9 Å². The normalized spacial score (nSPS) is 22.1. The fourth-order valence-corrected chi connectivity index (χ4v) is 4.15. The van der Waals surface area contributed by atoms with Crippen LogP contribution in [0.4, 0.5) is 10.1 Å². The van der Waals surface area contributed by atoms with E-state index < -0.39 is 17.2 Å². The van der Waals surface area contributed by atoms with Gasteiger partial charge in [-0.05, 0) is 25.7 Å². The van der Waals surface area contributed by atoms with E-state index in [2.05, 4.69) is 0 Å². The lowest BCUT2D eigenvalue weighted by Crippen LogP contribution is -2.29. The van der Waals surface area contributed by atoms with Crippen LogP contribution in [0.2, 0.25) is 0 Å². The monoisotopic (exact) mass is 389 g/mol. The quantitative estimate of drug-likeness (QED) is 0.833. The summed E-state index contributed by atoms with van der Waals surface area (Å²) in [6.45, 7) is 4.60. The number of carboxylic acid groups (broad SMARTS) is 1. The molecule has 1 aromatic heterocycles. The van der Waals surface area contributed by atoms with Gasteiger partial charge in [-0.25, -0.2) is 9.18 Å². The molecule has 2 heterocycles. The number of nitrogens with two attached hydrogens (primary N) is 1. The van der Waals surface area contributed by atoms with E-state index in [4.69, 9.17) is 10.5 Å². The molecule has 0 spiro atoms. The summed E-state index contributed by atoms with van der Waals surface area (Å²) in [6.07, 6.45) is 3.11. The maximum atomic E-state index is 15.5. The van der Waals surface area contributed by atoms with Crippen molar-refractivity contribution in [1.29, 1.82) is 0 Å². The Morgan fingerprint density at radius 1 is 1.36 bits per heavy atom. The number of hydrogen-bond acceptors (Lipinski definition) is 5. The van der Waals surface area contributed by atoms with E-state index in [-0.39, 0.29) is 40.3 Å². The van der Waals surface area contributed by atoms with Gasteiger partial charge in [-0.2, -0.15) is 0 Å². The lowest BCUT2D eigenvalue weighted by Gasteiger charge is -2.26. The van der Waals surface area contributed by atoms with Crippen LogP contribution in [0, 0.1) is 18.7 Å². The van der Waals surface area contributed by atoms with Gasteiger partial charge < -0.3 is 25.0 Å². The number of hydrogen-bond donors (Lipinski definition) is 2. The van der Waals surface area contributed by atoms with Crippen LogP contribution in [-0.4, -0.2) is 41.9 Å². The first-order chi connectivity index (χ1) is 13.3. The van der Waals surface area contributed by atoms with E-state index in [1.165, 1.54) is 20.2 Å². The van der Waals surface area contributed by atoms with Crippen LogP contribution in [0.5, 0.6) is 5.75 Å². The molecular weight excluding hydrogens is 365 g/mol. The number of carboxylic acids is 1. The van der Waals surface area contributed by atoms with Crippen molar-refractivity contribution in [3.05, 3.63) is 33.4 Å². The number of ether oxygens (including phenoxy) is 1. The SMILES string of the molecule is COc1c(N2C[C@@H](N)[C@@H](C)C2)c(F)c(C)c2c(=O)c(C(=O)O)cn(C3CC3)c12. The third-order valence-electron chi connectivity index (χ3n) is 5.94. The summed E-state index contributed by atoms with van der Waals surface area (Å²) in [5.41, 5.74) is 5.99. The highest BCUT2D eigenvalue weighted by Gasteiger charge is 2.35. The number of rotatable bonds is 4. The molecule has 8 heteroatoms. The molecule has 3 N–H and O–H groups in total. The fraction of sp³-hybridized carbons (Fsp3) is 0.500. The Morgan fingerprint density at radius 3 is 2.54 bits per heavy atom. The molecule has 28 heavy (non-hydrogen) atoms. The first-order valence-corrected chi connectivity index (χ1v) is 9.44. The number of anilines is 1. The lowest BCUT2D eigenvalue weighted by molar-refractivity contribution is 0.0695. The number of methoxy groups -OCH3 is 1. The van der Waals surface area contributed by atoms with Crippen molar-refractivity contribution < 1.29 is 19.0 Å². The Balaban J connectivity index is 2.10. The van der Waals surface area contributed by atoms with Gasteiger partial charge >= 0.3 is 5.97 Å². The van der Waals surface area contributed by atoms with E-state index in [9.17, 15) is 14.7 Å². The molecule has 1 saturated carbocycles. The van der Waals surface area contributed by atoms with Gasteiger partial charge in [0.25, 0.3) is 0 Å². The summed E-state index contributed by atoms with van der Waals surface area (Å²) in [7, 11) is 1.44. The molecule has 2 aromatic rings. The maximum absolute atomic E-state index is 15.5. The van der Waals surface area contributed by atoms with Gasteiger partial charge in [-0.15, -0.1) is 0 Å². The lowest BCUT2D eigenvalue weighted by atomic mass is 10.0. The molecule has 0 amide bonds. The molecule has 2 fully saturated rings. The molecule has 2 atom stereocenters. The van der Waals surface area contributed by atoms with Crippen molar-refractivity contribution in [3.63, 3.8) is 0 Å². The predicted molar refractivity (Wildman–Crippen MR) is 104 cm³/mol. The van der Waals surface area contributed by atoms with Crippen LogP contribution in [0.1, 0.15) is 41.7 Å². The number of nitrogens with zero attached hydrogens (tertiary/aromatic N) is 2. The Bertz CT molecular complexity index is 1030. The highest BCUT2D eigenvalue weighted by molar-refractivity contribution is 5.99. The molecule has 1 aliphatic heterocycles. The zero-order chi connectivity index (χ0) is 20.3. The third-order valence-corrected chi connectivity index (χ3v) is 5.94. The maximum Gasteiger partial charge on any atom is 0.341 e. The second kappa shape index (κ2) is 6.48. The number of aromatic nitrogens is 1. The van der Waals surface area contributed by atoms with Crippen LogP contribution in [0.15, 0.2) is 11.0 Å². The number of carbonyl (C=O) groups is 1. The van der Waals surface area contributed by atoms with Gasteiger partial charge in [0.2, 0.25) is 5.43 Å². The number of benzene rings is 1. The van der Waals surface area contributed by atoms with E-state index in [1.54, 1.807) is 4.57 Å². The second-order valence-electron chi connectivity index (χ2n) is 7.91. The van der Waals surface area contributed by atoms with E-state index in [0.29, 0.717) is 24.3 Å². The summed E-state index contributed by atoms with van der Waals surface area (Å²) in [6, 6.07) is -0.00677. The molecule has 4 rings (SSSR count). The standard InChI is InChI=1S/C20H24FN3O4/c1-9-6-23(8-13(9)22)17-15(21)10(2)14-16(19(17)28-3)24(11-4-5-11)7-12(18(14)25)20(26)27/h7,9,11,13H,4-6,8,22H2,1-3H3,(H,26,27)/t9-,13+/m0/s1. The minimum atomic E-state index is -1.32. The summed E-state index contributed by atoms with van der Waals surface area (Å²) in [4.78, 5) is 26.4. The van der Waals surface area contributed by atoms with Crippen molar-refractivity contribution in [3.8, 4) is 5.75 Å². The third kappa shape index (κ3) is 2.66. The van der Waals surface area contributed by atoms with Crippen molar-refractivity contribution in [1.82, 2.24) is 4.57 Å². The van der Waals surface area contributed by atoms with Crippen molar-refractivity contribution in [2.24, 2.45) is 11.7 Å². The predicted octanol–water partition coefficient (Wildman–Crippen LogP) is 2.27.